The molecule has 5 nitrogen and oxygen atoms in total. The summed E-state index contributed by atoms with van der Waals surface area (Å²) in [6.07, 6.45) is 1.64. The number of fused-ring (bicyclic) bond motifs is 3. The molecule has 0 atom stereocenters. The van der Waals surface area contributed by atoms with Crippen LogP contribution in [0.2, 0.25) is 0 Å². The molecular weight excluding hydrogens is 360 g/mol. The minimum atomic E-state index is -0.00385. The van der Waals surface area contributed by atoms with E-state index in [-0.39, 0.29) is 11.9 Å². The molecule has 0 amide bonds. The van der Waals surface area contributed by atoms with Gasteiger partial charge in [-0.15, -0.1) is 0 Å². The number of ketones is 1. The number of nitrogens with zero attached hydrogens (tertiary/aromatic N) is 2. The van der Waals surface area contributed by atoms with Gasteiger partial charge in [-0.25, -0.2) is 4.98 Å². The van der Waals surface area contributed by atoms with Crippen molar-refractivity contribution in [1.29, 1.82) is 0 Å². The molecule has 0 saturated carbocycles. The van der Waals surface area contributed by atoms with Crippen LogP contribution in [0.15, 0.2) is 29.0 Å². The number of rotatable bonds is 5. The van der Waals surface area contributed by atoms with Gasteiger partial charge in [0, 0.05) is 23.9 Å². The van der Waals surface area contributed by atoms with Gasteiger partial charge in [0.05, 0.1) is 24.6 Å². The number of aromatic nitrogens is 2. The number of hydrogen-bond acceptors (Lipinski definition) is 5. The van der Waals surface area contributed by atoms with E-state index in [0.29, 0.717) is 11.4 Å². The number of carbonyl (C=O) groups is 1. The van der Waals surface area contributed by atoms with E-state index < -0.39 is 0 Å². The van der Waals surface area contributed by atoms with Crippen molar-refractivity contribution in [3.63, 3.8) is 0 Å². The topological polar surface area (TPSA) is 53.4 Å². The Morgan fingerprint density at radius 3 is 2.70 bits per heavy atom. The summed E-state index contributed by atoms with van der Waals surface area (Å²) in [5.41, 5.74) is 4.72. The van der Waals surface area contributed by atoms with Crippen LogP contribution < -0.4 is 9.47 Å². The minimum absolute atomic E-state index is 0.00385. The van der Waals surface area contributed by atoms with E-state index in [9.17, 15) is 4.79 Å². The average Bonchev–Trinajstić information content (AvgIpc) is 3.28. The zero-order chi connectivity index (χ0) is 19.1. The van der Waals surface area contributed by atoms with Gasteiger partial charge in [-0.2, -0.15) is 11.3 Å². The van der Waals surface area contributed by atoms with Crippen LogP contribution >= 0.6 is 11.3 Å². The Labute approximate surface area is 162 Å². The molecule has 0 aliphatic carbocycles. The van der Waals surface area contributed by atoms with Crippen molar-refractivity contribution in [2.45, 2.75) is 39.7 Å². The number of methoxy groups -OCH3 is 1. The third-order valence-electron chi connectivity index (χ3n) is 4.69. The highest BCUT2D eigenvalue weighted by atomic mass is 32.1. The summed E-state index contributed by atoms with van der Waals surface area (Å²) >= 11 is 1.62. The molecule has 0 radical (unpaired) electrons. The Balaban J connectivity index is 1.97. The van der Waals surface area contributed by atoms with Crippen LogP contribution in [0.4, 0.5) is 0 Å². The second kappa shape index (κ2) is 6.85. The summed E-state index contributed by atoms with van der Waals surface area (Å²) in [6.45, 7) is 5.57. The highest BCUT2D eigenvalue weighted by Crippen LogP contribution is 2.40. The van der Waals surface area contributed by atoms with Crippen molar-refractivity contribution >= 4 is 17.1 Å². The summed E-state index contributed by atoms with van der Waals surface area (Å²) < 4.78 is 13.6. The predicted molar refractivity (Wildman–Crippen MR) is 107 cm³/mol. The fourth-order valence-corrected chi connectivity index (χ4v) is 4.20. The molecule has 0 unspecified atom stereocenters. The van der Waals surface area contributed by atoms with E-state index in [2.05, 4.69) is 9.95 Å². The first-order chi connectivity index (χ1) is 13.0. The number of benzene rings is 1. The third kappa shape index (κ3) is 3.04. The van der Waals surface area contributed by atoms with E-state index in [1.165, 1.54) is 5.56 Å². The van der Waals surface area contributed by atoms with E-state index in [1.54, 1.807) is 25.4 Å². The summed E-state index contributed by atoms with van der Waals surface area (Å²) in [4.78, 5) is 16.9. The zero-order valence-electron chi connectivity index (χ0n) is 15.9. The van der Waals surface area contributed by atoms with Crippen molar-refractivity contribution in [2.24, 2.45) is 0 Å². The first-order valence-corrected chi connectivity index (χ1v) is 9.97. The Hall–Kier alpha value is -2.60. The van der Waals surface area contributed by atoms with Crippen LogP contribution in [0.5, 0.6) is 11.5 Å². The van der Waals surface area contributed by atoms with Gasteiger partial charge in [-0.1, -0.05) is 0 Å². The largest absolute Gasteiger partial charge is 0.493 e. The summed E-state index contributed by atoms with van der Waals surface area (Å²) in [5.74, 6) is 2.23. The van der Waals surface area contributed by atoms with Crippen molar-refractivity contribution < 1.29 is 14.3 Å². The number of Topliss-reactive ketones (excluding diaryl/α,β-unsaturated/α-hetero) is 1. The lowest BCUT2D eigenvalue weighted by molar-refractivity contribution is 0.101. The number of ether oxygens (including phenoxy) is 2. The first kappa shape index (κ1) is 17.8. The fourth-order valence-electron chi connectivity index (χ4n) is 3.57. The highest BCUT2D eigenvalue weighted by Gasteiger charge is 2.28. The minimum Gasteiger partial charge on any atom is -0.493 e. The molecule has 27 heavy (non-hydrogen) atoms. The second-order valence-corrected chi connectivity index (χ2v) is 7.71. The molecule has 0 N–H and O–H groups in total. The van der Waals surface area contributed by atoms with Gasteiger partial charge < -0.3 is 9.47 Å². The van der Waals surface area contributed by atoms with Crippen molar-refractivity contribution in [3.8, 4) is 28.6 Å². The standard InChI is InChI=1S/C21H22N2O3S/c1-12(2)26-19-10-17-14(9-18(19)25-4)5-6-16-20(13(3)24)22-21(23(16)17)15-7-8-27-11-15/h7-12H,5-6H2,1-4H3. The van der Waals surface area contributed by atoms with E-state index in [4.69, 9.17) is 14.5 Å². The molecule has 1 aromatic carbocycles. The number of hydrogen-bond donors (Lipinski definition) is 0. The number of carbonyl (C=O) groups excluding carboxylic acids is 1. The number of thiophene rings is 1. The maximum atomic E-state index is 12.2. The van der Waals surface area contributed by atoms with Gasteiger partial charge in [-0.3, -0.25) is 9.36 Å². The summed E-state index contributed by atoms with van der Waals surface area (Å²) in [5, 5.41) is 4.08. The Bertz CT molecular complexity index is 1000. The molecule has 0 bridgehead atoms. The normalized spacial score (nSPS) is 12.6. The van der Waals surface area contributed by atoms with E-state index in [1.807, 2.05) is 37.4 Å². The summed E-state index contributed by atoms with van der Waals surface area (Å²) in [7, 11) is 1.66. The average molecular weight is 382 g/mol. The SMILES string of the molecule is COc1cc2c(cc1OC(C)C)-n1c(-c3ccsc3)nc(C(C)=O)c1CC2. The predicted octanol–water partition coefficient (Wildman–Crippen LogP) is 4.70. The van der Waals surface area contributed by atoms with Crippen LogP contribution in [0, 0.1) is 0 Å². The Kier molecular flexibility index (Phi) is 4.52. The molecule has 4 rings (SSSR count). The molecule has 0 spiro atoms. The molecule has 6 heteroatoms. The summed E-state index contributed by atoms with van der Waals surface area (Å²) in [6, 6.07) is 6.09. The van der Waals surface area contributed by atoms with Gasteiger partial charge in [0.25, 0.3) is 0 Å². The lowest BCUT2D eigenvalue weighted by Crippen LogP contribution is -2.16. The molecule has 0 fully saturated rings. The molecular formula is C21H22N2O3S. The van der Waals surface area contributed by atoms with E-state index >= 15 is 0 Å². The molecule has 1 aliphatic heterocycles. The maximum absolute atomic E-state index is 12.2. The zero-order valence-corrected chi connectivity index (χ0v) is 16.7. The van der Waals surface area contributed by atoms with Crippen LogP contribution in [0.25, 0.3) is 17.1 Å². The quantitative estimate of drug-likeness (QED) is 0.600. The Morgan fingerprint density at radius 2 is 2.07 bits per heavy atom. The molecule has 2 aromatic heterocycles. The highest BCUT2D eigenvalue weighted by molar-refractivity contribution is 7.08. The molecule has 1 aliphatic rings. The van der Waals surface area contributed by atoms with Crippen LogP contribution in [-0.2, 0) is 12.8 Å². The monoisotopic (exact) mass is 382 g/mol. The smallest absolute Gasteiger partial charge is 0.180 e. The van der Waals surface area contributed by atoms with Gasteiger partial charge >= 0.3 is 0 Å². The van der Waals surface area contributed by atoms with Gasteiger partial charge in [0.15, 0.2) is 17.3 Å². The van der Waals surface area contributed by atoms with Crippen molar-refractivity contribution in [2.75, 3.05) is 7.11 Å². The maximum Gasteiger partial charge on any atom is 0.180 e. The van der Waals surface area contributed by atoms with Gasteiger partial charge in [0.1, 0.15) is 11.5 Å². The van der Waals surface area contributed by atoms with Crippen molar-refractivity contribution in [3.05, 3.63) is 45.9 Å². The lowest BCUT2D eigenvalue weighted by Gasteiger charge is -2.24. The third-order valence-corrected chi connectivity index (χ3v) is 5.37. The number of imidazole rings is 1. The lowest BCUT2D eigenvalue weighted by atomic mass is 9.99. The van der Waals surface area contributed by atoms with Crippen LogP contribution in [0.1, 0.15) is 42.5 Å². The van der Waals surface area contributed by atoms with Crippen LogP contribution in [0.3, 0.4) is 0 Å². The second-order valence-electron chi connectivity index (χ2n) is 6.93. The first-order valence-electron chi connectivity index (χ1n) is 9.02. The fraction of sp³-hybridized carbons (Fsp3) is 0.333. The van der Waals surface area contributed by atoms with Crippen LogP contribution in [-0.4, -0.2) is 28.5 Å². The molecule has 0 saturated heterocycles. The number of aryl methyl sites for hydroxylation is 1. The van der Waals surface area contributed by atoms with Gasteiger partial charge in [0.2, 0.25) is 0 Å². The molecule has 3 heterocycles. The van der Waals surface area contributed by atoms with Crippen molar-refractivity contribution in [1.82, 2.24) is 9.55 Å². The van der Waals surface area contributed by atoms with Gasteiger partial charge in [-0.05, 0) is 49.8 Å². The Morgan fingerprint density at radius 1 is 1.26 bits per heavy atom. The molecule has 140 valence electrons. The van der Waals surface area contributed by atoms with E-state index in [0.717, 1.165) is 41.4 Å². The molecule has 3 aromatic rings.